The largest absolute Gasteiger partial charge is 0.483 e. The molecule has 0 spiro atoms. The van der Waals surface area contributed by atoms with Crippen LogP contribution in [0.3, 0.4) is 0 Å². The van der Waals surface area contributed by atoms with Gasteiger partial charge in [-0.15, -0.1) is 0 Å². The molecule has 1 saturated heterocycles. The maximum absolute atomic E-state index is 13.5. The van der Waals surface area contributed by atoms with Crippen molar-refractivity contribution < 1.29 is 14.3 Å². The Balaban J connectivity index is 1.31. The average Bonchev–Trinajstić information content (AvgIpc) is 3.25. The van der Waals surface area contributed by atoms with Crippen LogP contribution in [0.1, 0.15) is 5.56 Å². The van der Waals surface area contributed by atoms with Gasteiger partial charge in [0.1, 0.15) is 5.75 Å². The van der Waals surface area contributed by atoms with Gasteiger partial charge in [0, 0.05) is 5.69 Å². The van der Waals surface area contributed by atoms with Crippen LogP contribution in [-0.2, 0) is 9.59 Å². The molecule has 2 amide bonds. The molecule has 0 atom stereocenters. The molecule has 0 bridgehead atoms. The highest BCUT2D eigenvalue weighted by molar-refractivity contribution is 9.10. The van der Waals surface area contributed by atoms with Crippen molar-refractivity contribution in [2.45, 2.75) is 0 Å². The van der Waals surface area contributed by atoms with Crippen LogP contribution in [0.2, 0.25) is 10.0 Å². The number of carbonyl (C=O) groups is 2. The molecule has 1 aliphatic rings. The van der Waals surface area contributed by atoms with E-state index < -0.39 is 0 Å². The summed E-state index contributed by atoms with van der Waals surface area (Å²) in [5.41, 5.74) is 2.79. The van der Waals surface area contributed by atoms with Crippen LogP contribution in [0.4, 0.5) is 17.1 Å². The third-order valence-corrected chi connectivity index (χ3v) is 7.95. The van der Waals surface area contributed by atoms with E-state index in [-0.39, 0.29) is 18.4 Å². The number of anilines is 2. The first kappa shape index (κ1) is 28.0. The van der Waals surface area contributed by atoms with Crippen molar-refractivity contribution in [1.82, 2.24) is 0 Å². The molecular formula is C30H20BrCl2N3O3S. The van der Waals surface area contributed by atoms with E-state index in [1.807, 2.05) is 78.9 Å². The Hall–Kier alpha value is -3.56. The molecule has 5 rings (SSSR count). The zero-order valence-corrected chi connectivity index (χ0v) is 24.6. The van der Waals surface area contributed by atoms with E-state index in [2.05, 4.69) is 21.2 Å². The number of hydrogen-bond acceptors (Lipinski definition) is 5. The highest BCUT2D eigenvalue weighted by atomic mass is 79.9. The Labute approximate surface area is 253 Å². The van der Waals surface area contributed by atoms with E-state index in [1.54, 1.807) is 29.2 Å². The summed E-state index contributed by atoms with van der Waals surface area (Å²) < 4.78 is 6.33. The monoisotopic (exact) mass is 651 g/mol. The van der Waals surface area contributed by atoms with E-state index in [4.69, 9.17) is 32.9 Å². The number of aliphatic imine (C=N–C) groups is 1. The van der Waals surface area contributed by atoms with Gasteiger partial charge in [0.25, 0.3) is 11.8 Å². The number of rotatable bonds is 7. The smallest absolute Gasteiger partial charge is 0.271 e. The fraction of sp³-hybridized carbons (Fsp3) is 0.0333. The van der Waals surface area contributed by atoms with Gasteiger partial charge in [0.05, 0.1) is 30.8 Å². The summed E-state index contributed by atoms with van der Waals surface area (Å²) in [5, 5.41) is 4.03. The van der Waals surface area contributed by atoms with Crippen molar-refractivity contribution >= 4 is 91.0 Å². The van der Waals surface area contributed by atoms with E-state index in [0.29, 0.717) is 36.0 Å². The Morgan fingerprint density at radius 2 is 1.68 bits per heavy atom. The number of nitrogens with one attached hydrogen (secondary N) is 1. The number of hydrogen-bond donors (Lipinski definition) is 1. The fourth-order valence-corrected chi connectivity index (χ4v) is 5.57. The lowest BCUT2D eigenvalue weighted by molar-refractivity contribution is -0.118. The summed E-state index contributed by atoms with van der Waals surface area (Å²) in [6.45, 7) is -0.209. The molecule has 10 heteroatoms. The van der Waals surface area contributed by atoms with Gasteiger partial charge in [-0.25, -0.2) is 4.99 Å². The van der Waals surface area contributed by atoms with Crippen LogP contribution in [0.25, 0.3) is 6.08 Å². The summed E-state index contributed by atoms with van der Waals surface area (Å²) in [6.07, 6.45) is 1.81. The summed E-state index contributed by atoms with van der Waals surface area (Å²) in [6, 6.07) is 29.1. The van der Waals surface area contributed by atoms with Crippen LogP contribution < -0.4 is 15.0 Å². The SMILES string of the molecule is O=C(COc1ccc(/C=C2/SC(=Nc3ccccc3)N(c3ccccc3)C2=O)cc1Br)Nc1ccc(Cl)c(Cl)c1. The summed E-state index contributed by atoms with van der Waals surface area (Å²) in [7, 11) is 0. The standard InChI is InChI=1S/C30H20BrCl2N3O3S/c31-23-15-19(11-14-26(23)39-18-28(37)34-21-12-13-24(32)25(33)17-21)16-27-29(38)36(22-9-5-2-6-10-22)30(40-27)35-20-7-3-1-4-8-20/h1-17H,18H2,(H,34,37)/b27-16+,35-30?. The third-order valence-electron chi connectivity index (χ3n) is 5.62. The predicted octanol–water partition coefficient (Wildman–Crippen LogP) is 8.58. The minimum absolute atomic E-state index is 0.165. The number of amides is 2. The average molecular weight is 653 g/mol. The summed E-state index contributed by atoms with van der Waals surface area (Å²) >= 11 is 16.7. The van der Waals surface area contributed by atoms with E-state index in [9.17, 15) is 9.59 Å². The van der Waals surface area contributed by atoms with Crippen molar-refractivity contribution in [3.8, 4) is 5.75 Å². The Morgan fingerprint density at radius 3 is 2.38 bits per heavy atom. The van der Waals surface area contributed by atoms with Gasteiger partial charge < -0.3 is 10.1 Å². The first-order valence-corrected chi connectivity index (χ1v) is 14.3. The molecule has 0 aliphatic carbocycles. The zero-order valence-electron chi connectivity index (χ0n) is 20.7. The van der Waals surface area contributed by atoms with Gasteiger partial charge in [0.2, 0.25) is 0 Å². The second-order valence-corrected chi connectivity index (χ2v) is 11.2. The molecule has 6 nitrogen and oxygen atoms in total. The van der Waals surface area contributed by atoms with Crippen molar-refractivity contribution in [3.63, 3.8) is 0 Å². The molecule has 1 aliphatic heterocycles. The van der Waals surface area contributed by atoms with Crippen molar-refractivity contribution in [2.75, 3.05) is 16.8 Å². The minimum atomic E-state index is -0.351. The molecule has 1 N–H and O–H groups in total. The molecule has 4 aromatic carbocycles. The number of carbonyl (C=O) groups excluding carboxylic acids is 2. The number of amidine groups is 1. The first-order chi connectivity index (χ1) is 19.4. The Bertz CT molecular complexity index is 1630. The second-order valence-electron chi connectivity index (χ2n) is 8.47. The molecule has 1 fully saturated rings. The van der Waals surface area contributed by atoms with Crippen LogP contribution in [0.5, 0.6) is 5.75 Å². The molecule has 4 aromatic rings. The molecular weight excluding hydrogens is 633 g/mol. The molecule has 1 heterocycles. The predicted molar refractivity (Wildman–Crippen MR) is 168 cm³/mol. The van der Waals surface area contributed by atoms with Crippen LogP contribution in [0.15, 0.2) is 111 Å². The zero-order chi connectivity index (χ0) is 28.1. The molecule has 0 radical (unpaired) electrons. The quantitative estimate of drug-likeness (QED) is 0.203. The normalized spacial score (nSPS) is 15.1. The van der Waals surface area contributed by atoms with Crippen LogP contribution >= 0.6 is 50.9 Å². The van der Waals surface area contributed by atoms with Crippen LogP contribution in [-0.4, -0.2) is 23.6 Å². The maximum atomic E-state index is 13.5. The summed E-state index contributed by atoms with van der Waals surface area (Å²) in [5.74, 6) is -0.0361. The number of ether oxygens (including phenoxy) is 1. The van der Waals surface area contributed by atoms with Crippen molar-refractivity contribution in [3.05, 3.63) is 122 Å². The van der Waals surface area contributed by atoms with Crippen LogP contribution in [0, 0.1) is 0 Å². The van der Waals surface area contributed by atoms with Gasteiger partial charge in [-0.05, 0) is 93.9 Å². The van der Waals surface area contributed by atoms with Gasteiger partial charge in [-0.1, -0.05) is 65.7 Å². The lowest BCUT2D eigenvalue weighted by atomic mass is 10.2. The first-order valence-electron chi connectivity index (χ1n) is 12.0. The number of benzene rings is 4. The number of halogens is 3. The fourth-order valence-electron chi connectivity index (χ4n) is 3.76. The molecule has 200 valence electrons. The van der Waals surface area contributed by atoms with E-state index >= 15 is 0 Å². The van der Waals surface area contributed by atoms with E-state index in [0.717, 1.165) is 16.9 Å². The molecule has 0 saturated carbocycles. The minimum Gasteiger partial charge on any atom is -0.483 e. The Morgan fingerprint density at radius 1 is 0.950 bits per heavy atom. The summed E-state index contributed by atoms with van der Waals surface area (Å²) in [4.78, 5) is 32.7. The van der Waals surface area contributed by atoms with Gasteiger partial charge >= 0.3 is 0 Å². The van der Waals surface area contributed by atoms with E-state index in [1.165, 1.54) is 11.8 Å². The maximum Gasteiger partial charge on any atom is 0.271 e. The van der Waals surface area contributed by atoms with Gasteiger partial charge in [-0.2, -0.15) is 0 Å². The van der Waals surface area contributed by atoms with Crippen molar-refractivity contribution in [2.24, 2.45) is 4.99 Å². The number of para-hydroxylation sites is 2. The highest BCUT2D eigenvalue weighted by Gasteiger charge is 2.34. The van der Waals surface area contributed by atoms with Crippen molar-refractivity contribution in [1.29, 1.82) is 0 Å². The molecule has 40 heavy (non-hydrogen) atoms. The Kier molecular flexibility index (Phi) is 8.91. The lowest BCUT2D eigenvalue weighted by Crippen LogP contribution is -2.28. The lowest BCUT2D eigenvalue weighted by Gasteiger charge is -2.15. The topological polar surface area (TPSA) is 71.0 Å². The van der Waals surface area contributed by atoms with Gasteiger partial charge in [-0.3, -0.25) is 14.5 Å². The van der Waals surface area contributed by atoms with Gasteiger partial charge in [0.15, 0.2) is 11.8 Å². The highest BCUT2D eigenvalue weighted by Crippen LogP contribution is 2.38. The second kappa shape index (κ2) is 12.7. The molecule has 0 aromatic heterocycles. The molecule has 0 unspecified atom stereocenters. The third kappa shape index (κ3) is 6.77. The number of nitrogens with zero attached hydrogens (tertiary/aromatic N) is 2. The number of thioether (sulfide) groups is 1.